The number of nitrogen functional groups attached to an aromatic ring is 2. The predicted octanol–water partition coefficient (Wildman–Crippen LogP) is 2.33. The monoisotopic (exact) mass is 367 g/mol. The summed E-state index contributed by atoms with van der Waals surface area (Å²) in [5.41, 5.74) is 13.6. The molecule has 0 spiro atoms. The van der Waals surface area contributed by atoms with Crippen molar-refractivity contribution in [3.05, 3.63) is 42.0 Å². The smallest absolute Gasteiger partial charge is 0.195 e. The first-order chi connectivity index (χ1) is 12.8. The fourth-order valence-corrected chi connectivity index (χ4v) is 2.82. The van der Waals surface area contributed by atoms with E-state index in [2.05, 4.69) is 16.3 Å². The highest BCUT2D eigenvalue weighted by atomic mass is 19.1. The first-order valence-electron chi connectivity index (χ1n) is 7.92. The molecule has 0 amide bonds. The number of nitrogens with zero attached hydrogens (tertiary/aromatic N) is 5. The molecular formula is C18H18FN7O. The van der Waals surface area contributed by atoms with Gasteiger partial charge >= 0.3 is 0 Å². The summed E-state index contributed by atoms with van der Waals surface area (Å²) in [6, 6.07) is 7.15. The molecule has 0 saturated heterocycles. The quantitative estimate of drug-likeness (QED) is 0.498. The molecule has 0 fully saturated rings. The van der Waals surface area contributed by atoms with Crippen molar-refractivity contribution >= 4 is 33.2 Å². The van der Waals surface area contributed by atoms with Gasteiger partial charge in [-0.15, -0.1) is 0 Å². The molecule has 2 heterocycles. The highest BCUT2D eigenvalue weighted by Gasteiger charge is 2.14. The second-order valence-electron chi connectivity index (χ2n) is 5.97. The van der Waals surface area contributed by atoms with Gasteiger partial charge < -0.3 is 16.2 Å². The van der Waals surface area contributed by atoms with Crippen LogP contribution in [0, 0.1) is 17.1 Å². The van der Waals surface area contributed by atoms with Crippen molar-refractivity contribution < 1.29 is 9.13 Å². The summed E-state index contributed by atoms with van der Waals surface area (Å²) in [5, 5.41) is 18.5. The average molecular weight is 367 g/mol. The Labute approximate surface area is 154 Å². The lowest BCUT2D eigenvalue weighted by molar-refractivity contribution is 0.391. The first-order valence-corrected chi connectivity index (χ1v) is 7.92. The standard InChI is InChI=1S/C9H10FN3O.C9H8N4/c1-13-4-5-3-6(11)9(14-2)7(10)8(5)12-13;1-13-5-7-3-8(11)2-6(4-10)9(7)12-13/h3-4H,11H2,1-2H3;2-3,5H,11H2,1H3. The van der Waals surface area contributed by atoms with Crippen molar-refractivity contribution in [1.29, 1.82) is 5.26 Å². The summed E-state index contributed by atoms with van der Waals surface area (Å²) < 4.78 is 21.7. The maximum Gasteiger partial charge on any atom is 0.195 e. The minimum atomic E-state index is -0.511. The normalized spacial score (nSPS) is 10.5. The molecule has 0 aliphatic carbocycles. The largest absolute Gasteiger partial charge is 0.492 e. The van der Waals surface area contributed by atoms with Crippen molar-refractivity contribution in [3.8, 4) is 11.8 Å². The van der Waals surface area contributed by atoms with Crippen LogP contribution < -0.4 is 16.2 Å². The number of aryl methyl sites for hydroxylation is 2. The van der Waals surface area contributed by atoms with Crippen LogP contribution in [0.4, 0.5) is 15.8 Å². The van der Waals surface area contributed by atoms with Gasteiger partial charge in [0.15, 0.2) is 11.6 Å². The van der Waals surface area contributed by atoms with Crippen LogP contribution >= 0.6 is 0 Å². The van der Waals surface area contributed by atoms with E-state index in [-0.39, 0.29) is 17.0 Å². The number of methoxy groups -OCH3 is 1. The summed E-state index contributed by atoms with van der Waals surface area (Å²) in [6.07, 6.45) is 3.54. The van der Waals surface area contributed by atoms with Crippen LogP contribution in [0.25, 0.3) is 21.8 Å². The van der Waals surface area contributed by atoms with Crippen LogP contribution in [0.15, 0.2) is 30.6 Å². The Kier molecular flexibility index (Phi) is 4.56. The Morgan fingerprint density at radius 1 is 1.04 bits per heavy atom. The third-order valence-electron chi connectivity index (χ3n) is 3.91. The van der Waals surface area contributed by atoms with Gasteiger partial charge in [0.2, 0.25) is 0 Å². The average Bonchev–Trinajstić information content (AvgIpc) is 3.16. The van der Waals surface area contributed by atoms with Gasteiger partial charge in [0.05, 0.1) is 18.4 Å². The second-order valence-corrected chi connectivity index (χ2v) is 5.97. The van der Waals surface area contributed by atoms with E-state index in [0.717, 1.165) is 5.39 Å². The summed E-state index contributed by atoms with van der Waals surface area (Å²) in [4.78, 5) is 0. The Hall–Kier alpha value is -3.80. The van der Waals surface area contributed by atoms with Gasteiger partial charge in [-0.25, -0.2) is 4.39 Å². The molecule has 0 aliphatic heterocycles. The van der Waals surface area contributed by atoms with Crippen LogP contribution in [0.1, 0.15) is 5.56 Å². The summed E-state index contributed by atoms with van der Waals surface area (Å²) in [6.45, 7) is 0. The van der Waals surface area contributed by atoms with Gasteiger partial charge in [0.1, 0.15) is 17.1 Å². The third kappa shape index (κ3) is 3.32. The van der Waals surface area contributed by atoms with Crippen molar-refractivity contribution in [3.63, 3.8) is 0 Å². The van der Waals surface area contributed by atoms with Gasteiger partial charge in [-0.1, -0.05) is 0 Å². The maximum atomic E-state index is 13.7. The predicted molar refractivity (Wildman–Crippen MR) is 101 cm³/mol. The highest BCUT2D eigenvalue weighted by molar-refractivity contribution is 5.87. The fourth-order valence-electron chi connectivity index (χ4n) is 2.82. The number of nitriles is 1. The Morgan fingerprint density at radius 3 is 2.22 bits per heavy atom. The molecule has 8 nitrogen and oxygen atoms in total. The number of hydrogen-bond donors (Lipinski definition) is 2. The number of fused-ring (bicyclic) bond motifs is 2. The van der Waals surface area contributed by atoms with E-state index in [1.54, 1.807) is 30.1 Å². The van der Waals surface area contributed by atoms with Crippen LogP contribution in [0.2, 0.25) is 0 Å². The molecule has 2 aromatic carbocycles. The SMILES string of the molecule is COc1c(N)cc2cn(C)nc2c1F.Cn1cc2cc(N)cc(C#N)c2n1. The molecule has 0 bridgehead atoms. The third-order valence-corrected chi connectivity index (χ3v) is 3.91. The molecule has 4 N–H and O–H groups in total. The highest BCUT2D eigenvalue weighted by Crippen LogP contribution is 2.31. The van der Waals surface area contributed by atoms with Crippen LogP contribution in [-0.2, 0) is 14.1 Å². The van der Waals surface area contributed by atoms with Crippen molar-refractivity contribution in [2.45, 2.75) is 0 Å². The zero-order valence-corrected chi connectivity index (χ0v) is 15.1. The number of hydrogen-bond acceptors (Lipinski definition) is 6. The lowest BCUT2D eigenvalue weighted by Gasteiger charge is -2.04. The number of rotatable bonds is 1. The number of nitrogens with two attached hydrogens (primary N) is 2. The minimum absolute atomic E-state index is 0.0520. The molecule has 0 atom stereocenters. The van der Waals surface area contributed by atoms with Gasteiger partial charge in [-0.2, -0.15) is 15.5 Å². The van der Waals surface area contributed by atoms with E-state index in [9.17, 15) is 4.39 Å². The van der Waals surface area contributed by atoms with Crippen molar-refractivity contribution in [2.75, 3.05) is 18.6 Å². The van der Waals surface area contributed by atoms with E-state index >= 15 is 0 Å². The fraction of sp³-hybridized carbons (Fsp3) is 0.167. The molecule has 9 heteroatoms. The summed E-state index contributed by atoms with van der Waals surface area (Å²) in [5.74, 6) is -0.459. The Morgan fingerprint density at radius 2 is 1.63 bits per heavy atom. The Bertz CT molecular complexity index is 1190. The number of aromatic nitrogens is 4. The maximum absolute atomic E-state index is 13.7. The molecule has 27 heavy (non-hydrogen) atoms. The molecule has 0 radical (unpaired) electrons. The molecular weight excluding hydrogens is 349 g/mol. The van der Waals surface area contributed by atoms with Gasteiger partial charge in [-0.3, -0.25) is 9.36 Å². The Balaban J connectivity index is 0.000000156. The lowest BCUT2D eigenvalue weighted by atomic mass is 10.1. The van der Waals surface area contributed by atoms with Crippen LogP contribution in [0.3, 0.4) is 0 Å². The zero-order chi connectivity index (χ0) is 19.7. The summed E-state index contributed by atoms with van der Waals surface area (Å²) in [7, 11) is 4.92. The molecule has 138 valence electrons. The van der Waals surface area contributed by atoms with Gasteiger partial charge in [0, 0.05) is 42.9 Å². The molecule has 0 aliphatic rings. The first kappa shape index (κ1) is 18.0. The van der Waals surface area contributed by atoms with E-state index < -0.39 is 5.82 Å². The number of benzene rings is 2. The molecule has 4 aromatic rings. The summed E-state index contributed by atoms with van der Waals surface area (Å²) >= 11 is 0. The molecule has 0 unspecified atom stereocenters. The molecule has 2 aromatic heterocycles. The van der Waals surface area contributed by atoms with E-state index in [4.69, 9.17) is 21.5 Å². The van der Waals surface area contributed by atoms with E-state index in [1.165, 1.54) is 11.8 Å². The molecule has 4 rings (SSSR count). The topological polar surface area (TPSA) is 121 Å². The number of ether oxygens (including phenoxy) is 1. The zero-order valence-electron chi connectivity index (χ0n) is 15.1. The van der Waals surface area contributed by atoms with Crippen LogP contribution in [-0.4, -0.2) is 26.7 Å². The van der Waals surface area contributed by atoms with Gasteiger partial charge in [0.25, 0.3) is 0 Å². The molecule has 0 saturated carbocycles. The van der Waals surface area contributed by atoms with Gasteiger partial charge in [-0.05, 0) is 18.2 Å². The van der Waals surface area contributed by atoms with Crippen molar-refractivity contribution in [1.82, 2.24) is 19.6 Å². The second kappa shape index (κ2) is 6.84. The van der Waals surface area contributed by atoms with E-state index in [0.29, 0.717) is 22.2 Å². The van der Waals surface area contributed by atoms with Crippen LogP contribution in [0.5, 0.6) is 5.75 Å². The number of halogens is 1. The minimum Gasteiger partial charge on any atom is -0.492 e. The lowest BCUT2D eigenvalue weighted by Crippen LogP contribution is -1.96. The number of anilines is 2. The van der Waals surface area contributed by atoms with E-state index in [1.807, 2.05) is 19.3 Å². The van der Waals surface area contributed by atoms with Crippen molar-refractivity contribution in [2.24, 2.45) is 14.1 Å².